The molecule has 140 valence electrons. The lowest BCUT2D eigenvalue weighted by atomic mass is 10.00. The molecule has 3 aromatic rings. The first-order chi connectivity index (χ1) is 13.5. The molecule has 5 nitrogen and oxygen atoms in total. The second-order valence-electron chi connectivity index (χ2n) is 6.35. The number of pyridine rings is 1. The van der Waals surface area contributed by atoms with Crippen molar-refractivity contribution in [2.75, 3.05) is 4.90 Å². The van der Waals surface area contributed by atoms with Crippen molar-refractivity contribution >= 4 is 46.1 Å². The Morgan fingerprint density at radius 2 is 1.93 bits per heavy atom. The van der Waals surface area contributed by atoms with Crippen LogP contribution in [0.5, 0.6) is 0 Å². The smallest absolute Gasteiger partial charge is 0.300 e. The van der Waals surface area contributed by atoms with Crippen LogP contribution in [0, 0.1) is 6.92 Å². The highest BCUT2D eigenvalue weighted by Gasteiger charge is 2.47. The number of carbonyl (C=O) groups excluding carboxylic acids is 2. The summed E-state index contributed by atoms with van der Waals surface area (Å²) in [4.78, 5) is 32.1. The largest absolute Gasteiger partial charge is 0.507 e. The summed E-state index contributed by atoms with van der Waals surface area (Å²) >= 11 is 7.48. The van der Waals surface area contributed by atoms with Crippen molar-refractivity contribution in [2.24, 2.45) is 0 Å². The number of aliphatic hydroxyl groups is 1. The Hall–Kier alpha value is -2.96. The van der Waals surface area contributed by atoms with E-state index in [2.05, 4.69) is 4.98 Å². The van der Waals surface area contributed by atoms with Gasteiger partial charge in [0.25, 0.3) is 11.7 Å². The lowest BCUT2D eigenvalue weighted by Crippen LogP contribution is -2.29. The van der Waals surface area contributed by atoms with Gasteiger partial charge < -0.3 is 5.11 Å². The maximum Gasteiger partial charge on any atom is 0.300 e. The molecule has 1 atom stereocenters. The van der Waals surface area contributed by atoms with Crippen molar-refractivity contribution in [3.05, 3.63) is 86.8 Å². The van der Waals surface area contributed by atoms with E-state index < -0.39 is 17.7 Å². The van der Waals surface area contributed by atoms with Gasteiger partial charge in [0.1, 0.15) is 11.8 Å². The topological polar surface area (TPSA) is 70.5 Å². The van der Waals surface area contributed by atoms with Crippen molar-refractivity contribution in [3.8, 4) is 0 Å². The van der Waals surface area contributed by atoms with Gasteiger partial charge in [-0.1, -0.05) is 17.7 Å². The highest BCUT2D eigenvalue weighted by Crippen LogP contribution is 2.44. The number of hydrogen-bond acceptors (Lipinski definition) is 5. The number of thiophene rings is 1. The second-order valence-corrected chi connectivity index (χ2v) is 7.77. The Morgan fingerprint density at radius 3 is 2.57 bits per heavy atom. The number of hydrogen-bond donors (Lipinski definition) is 1. The number of carbonyl (C=O) groups is 2. The molecule has 0 radical (unpaired) electrons. The normalized spacial score (nSPS) is 18.6. The van der Waals surface area contributed by atoms with E-state index in [1.807, 2.05) is 24.4 Å². The number of aliphatic hydroxyl groups excluding tert-OH is 1. The van der Waals surface area contributed by atoms with Crippen LogP contribution in [0.4, 0.5) is 5.69 Å². The van der Waals surface area contributed by atoms with Gasteiger partial charge in [-0.05, 0) is 54.3 Å². The molecule has 0 aliphatic carbocycles. The Labute approximate surface area is 170 Å². The monoisotopic (exact) mass is 410 g/mol. The minimum atomic E-state index is -0.720. The number of benzene rings is 1. The van der Waals surface area contributed by atoms with Crippen LogP contribution in [0.2, 0.25) is 5.02 Å². The molecule has 2 aromatic heterocycles. The van der Waals surface area contributed by atoms with Gasteiger partial charge in [0.2, 0.25) is 0 Å². The molecule has 0 spiro atoms. The molecular weight excluding hydrogens is 396 g/mol. The second kappa shape index (κ2) is 7.22. The molecule has 1 fully saturated rings. The number of aryl methyl sites for hydroxylation is 1. The van der Waals surface area contributed by atoms with E-state index in [-0.39, 0.29) is 11.3 Å². The van der Waals surface area contributed by atoms with Crippen molar-refractivity contribution < 1.29 is 14.7 Å². The molecule has 1 saturated heterocycles. The van der Waals surface area contributed by atoms with Crippen molar-refractivity contribution in [2.45, 2.75) is 13.0 Å². The molecule has 1 unspecified atom stereocenters. The number of nitrogens with zero attached hydrogens (tertiary/aromatic N) is 2. The van der Waals surface area contributed by atoms with Gasteiger partial charge in [0, 0.05) is 33.5 Å². The zero-order chi connectivity index (χ0) is 19.8. The fourth-order valence-corrected chi connectivity index (χ4v) is 4.40. The van der Waals surface area contributed by atoms with Crippen molar-refractivity contribution in [1.82, 2.24) is 4.98 Å². The predicted octanol–water partition coefficient (Wildman–Crippen LogP) is 4.73. The fraction of sp³-hybridized carbons (Fsp3) is 0.0952. The number of aromatic nitrogens is 1. The van der Waals surface area contributed by atoms with Gasteiger partial charge in [0.15, 0.2) is 0 Å². The van der Waals surface area contributed by atoms with Crippen LogP contribution in [0.1, 0.15) is 22.0 Å². The number of ketones is 1. The van der Waals surface area contributed by atoms with Crippen LogP contribution in [0.15, 0.2) is 65.8 Å². The first-order valence-corrected chi connectivity index (χ1v) is 9.75. The van der Waals surface area contributed by atoms with E-state index in [1.54, 1.807) is 30.3 Å². The van der Waals surface area contributed by atoms with Crippen molar-refractivity contribution in [3.63, 3.8) is 0 Å². The Balaban J connectivity index is 1.95. The summed E-state index contributed by atoms with van der Waals surface area (Å²) in [6.07, 6.45) is 3.04. The highest BCUT2D eigenvalue weighted by atomic mass is 35.5. The van der Waals surface area contributed by atoms with Crippen molar-refractivity contribution in [1.29, 1.82) is 0 Å². The van der Waals surface area contributed by atoms with Gasteiger partial charge in [-0.3, -0.25) is 19.5 Å². The van der Waals surface area contributed by atoms with Gasteiger partial charge >= 0.3 is 0 Å². The van der Waals surface area contributed by atoms with Gasteiger partial charge in [-0.15, -0.1) is 11.3 Å². The molecule has 1 amide bonds. The molecule has 1 aliphatic heterocycles. The van der Waals surface area contributed by atoms with Crippen LogP contribution in [0.25, 0.3) is 5.76 Å². The summed E-state index contributed by atoms with van der Waals surface area (Å²) in [5.74, 6) is -1.62. The SMILES string of the molecule is Cc1cc(Cl)ccc1N1C(=O)C(=O)/C(=C(\O)c2ccncc2)C1c1cccs1. The first kappa shape index (κ1) is 18.4. The number of rotatable bonds is 3. The third-order valence-corrected chi connectivity index (χ3v) is 5.79. The number of anilines is 1. The van der Waals surface area contributed by atoms with Gasteiger partial charge in [-0.25, -0.2) is 0 Å². The summed E-state index contributed by atoms with van der Waals surface area (Å²) in [5.41, 5.74) is 1.84. The molecule has 1 N–H and O–H groups in total. The van der Waals surface area contributed by atoms with E-state index in [0.29, 0.717) is 16.3 Å². The molecule has 3 heterocycles. The Bertz CT molecular complexity index is 1090. The molecule has 4 rings (SSSR count). The van der Waals surface area contributed by atoms with Crippen LogP contribution >= 0.6 is 22.9 Å². The summed E-state index contributed by atoms with van der Waals surface area (Å²) in [6, 6.07) is 11.3. The zero-order valence-corrected chi connectivity index (χ0v) is 16.4. The molecule has 0 bridgehead atoms. The third-order valence-electron chi connectivity index (χ3n) is 4.63. The maximum atomic E-state index is 13.0. The van der Waals surface area contributed by atoms with E-state index in [0.717, 1.165) is 10.4 Å². The first-order valence-electron chi connectivity index (χ1n) is 8.50. The third kappa shape index (κ3) is 3.00. The minimum Gasteiger partial charge on any atom is -0.507 e. The minimum absolute atomic E-state index is 0.0630. The number of Topliss-reactive ketones (excluding diaryl/α,β-unsaturated/α-hetero) is 1. The number of halogens is 1. The van der Waals surface area contributed by atoms with Crippen LogP contribution < -0.4 is 4.90 Å². The molecular formula is C21H15ClN2O3S. The summed E-state index contributed by atoms with van der Waals surface area (Å²) < 4.78 is 0. The van der Waals surface area contributed by atoms with E-state index >= 15 is 0 Å². The molecule has 1 aromatic carbocycles. The molecule has 28 heavy (non-hydrogen) atoms. The molecule has 0 saturated carbocycles. The Morgan fingerprint density at radius 1 is 1.18 bits per heavy atom. The summed E-state index contributed by atoms with van der Waals surface area (Å²) in [7, 11) is 0. The van der Waals surface area contributed by atoms with Crippen LogP contribution in [0.3, 0.4) is 0 Å². The molecule has 1 aliphatic rings. The predicted molar refractivity (Wildman–Crippen MR) is 110 cm³/mol. The average Bonchev–Trinajstić information content (AvgIpc) is 3.30. The molecule has 7 heteroatoms. The highest BCUT2D eigenvalue weighted by molar-refractivity contribution is 7.10. The van der Waals surface area contributed by atoms with Crippen LogP contribution in [-0.4, -0.2) is 21.8 Å². The van der Waals surface area contributed by atoms with E-state index in [4.69, 9.17) is 11.6 Å². The van der Waals surface area contributed by atoms with Gasteiger partial charge in [0.05, 0.1) is 5.57 Å². The summed E-state index contributed by atoms with van der Waals surface area (Å²) in [6.45, 7) is 1.83. The quantitative estimate of drug-likeness (QED) is 0.385. The van der Waals surface area contributed by atoms with E-state index in [9.17, 15) is 14.7 Å². The lowest BCUT2D eigenvalue weighted by Gasteiger charge is -2.25. The van der Waals surface area contributed by atoms with Crippen LogP contribution in [-0.2, 0) is 9.59 Å². The summed E-state index contributed by atoms with van der Waals surface area (Å²) in [5, 5.41) is 13.3. The maximum absolute atomic E-state index is 13.0. The lowest BCUT2D eigenvalue weighted by molar-refractivity contribution is -0.132. The standard InChI is InChI=1S/C21H15ClN2O3S/c1-12-11-14(22)4-5-15(12)24-18(16-3-2-10-28-16)17(20(26)21(24)27)19(25)13-6-8-23-9-7-13/h2-11,18,25H,1H3/b19-17-. The Kier molecular flexibility index (Phi) is 4.75. The zero-order valence-electron chi connectivity index (χ0n) is 14.8. The fourth-order valence-electron chi connectivity index (χ4n) is 3.35. The van der Waals surface area contributed by atoms with E-state index in [1.165, 1.54) is 28.6 Å². The van der Waals surface area contributed by atoms with Gasteiger partial charge in [-0.2, -0.15) is 0 Å². The number of amides is 1. The average molecular weight is 411 g/mol.